The smallest absolute Gasteiger partial charge is 0.320 e. The van der Waals surface area contributed by atoms with Crippen LogP contribution in [0, 0.1) is 0 Å². The number of amides is 2. The van der Waals surface area contributed by atoms with E-state index in [0.29, 0.717) is 24.4 Å². The summed E-state index contributed by atoms with van der Waals surface area (Å²) < 4.78 is 10.5. The summed E-state index contributed by atoms with van der Waals surface area (Å²) in [5.41, 5.74) is 0. The summed E-state index contributed by atoms with van der Waals surface area (Å²) >= 11 is 0. The van der Waals surface area contributed by atoms with E-state index in [0.717, 1.165) is 51.2 Å². The monoisotopic (exact) mass is 308 g/mol. The summed E-state index contributed by atoms with van der Waals surface area (Å²) in [7, 11) is 0. The minimum Gasteiger partial charge on any atom is -0.381 e. The molecular weight excluding hydrogens is 284 g/mol. The Balaban J connectivity index is 1.41. The lowest BCUT2D eigenvalue weighted by Crippen LogP contribution is -2.58. The predicted molar refractivity (Wildman–Crippen MR) is 81.9 cm³/mol. The van der Waals surface area contributed by atoms with Gasteiger partial charge >= 0.3 is 6.03 Å². The van der Waals surface area contributed by atoms with Gasteiger partial charge in [0.15, 0.2) is 5.82 Å². The maximum atomic E-state index is 11.9. The van der Waals surface area contributed by atoms with E-state index in [-0.39, 0.29) is 6.03 Å². The Morgan fingerprint density at radius 2 is 2.23 bits per heavy atom. The number of ether oxygens (including phenoxy) is 1. The van der Waals surface area contributed by atoms with Crippen molar-refractivity contribution < 1.29 is 14.1 Å². The fourth-order valence-electron chi connectivity index (χ4n) is 3.09. The van der Waals surface area contributed by atoms with E-state index in [2.05, 4.69) is 20.7 Å². The minimum absolute atomic E-state index is 0.227. The molecule has 0 radical (unpaired) electrons. The number of likely N-dealkylation sites (tertiary alicyclic amines) is 1. The molecule has 1 atom stereocenters. The summed E-state index contributed by atoms with van der Waals surface area (Å²) in [5.74, 6) is 1.23. The average Bonchev–Trinajstić information content (AvgIpc) is 2.95. The molecule has 0 spiro atoms. The van der Waals surface area contributed by atoms with Gasteiger partial charge in [0.05, 0.1) is 0 Å². The third-order valence-corrected chi connectivity index (χ3v) is 4.50. The van der Waals surface area contributed by atoms with E-state index in [4.69, 9.17) is 9.26 Å². The fourth-order valence-corrected chi connectivity index (χ4v) is 3.09. The van der Waals surface area contributed by atoms with Crippen molar-refractivity contribution in [2.24, 2.45) is 0 Å². The number of aryl methyl sites for hydroxylation is 1. The molecule has 0 aromatic carbocycles. The minimum atomic E-state index is -0.227. The van der Waals surface area contributed by atoms with Gasteiger partial charge in [-0.25, -0.2) is 4.79 Å². The van der Waals surface area contributed by atoms with Crippen molar-refractivity contribution in [3.05, 3.63) is 11.8 Å². The average molecular weight is 308 g/mol. The Morgan fingerprint density at radius 1 is 1.41 bits per heavy atom. The number of urea groups is 1. The molecule has 3 rings (SSSR count). The van der Waals surface area contributed by atoms with E-state index in [1.165, 1.54) is 0 Å². The highest BCUT2D eigenvalue weighted by Gasteiger charge is 2.34. The lowest BCUT2D eigenvalue weighted by Gasteiger charge is -2.47. The van der Waals surface area contributed by atoms with Crippen LogP contribution in [0.4, 0.5) is 10.6 Å². The zero-order chi connectivity index (χ0) is 15.4. The highest BCUT2D eigenvalue weighted by molar-refractivity contribution is 5.88. The zero-order valence-corrected chi connectivity index (χ0v) is 13.0. The zero-order valence-electron chi connectivity index (χ0n) is 13.0. The van der Waals surface area contributed by atoms with Gasteiger partial charge in [-0.1, -0.05) is 12.1 Å². The van der Waals surface area contributed by atoms with Crippen LogP contribution >= 0.6 is 0 Å². The molecule has 7 nitrogen and oxygen atoms in total. The second-order valence-electron chi connectivity index (χ2n) is 5.89. The van der Waals surface area contributed by atoms with Crippen LogP contribution < -0.4 is 10.6 Å². The van der Waals surface area contributed by atoms with Gasteiger partial charge in [0.25, 0.3) is 0 Å². The summed E-state index contributed by atoms with van der Waals surface area (Å²) in [5, 5.41) is 9.43. The molecule has 0 bridgehead atoms. The maximum Gasteiger partial charge on any atom is 0.320 e. The van der Waals surface area contributed by atoms with E-state index in [1.54, 1.807) is 6.07 Å². The predicted octanol–water partition coefficient (Wildman–Crippen LogP) is 1.61. The SMILES string of the molecule is CCc1cc(NC(=O)NCC2CCN2C2CCOCC2)no1. The van der Waals surface area contributed by atoms with Crippen LogP contribution in [-0.4, -0.2) is 54.5 Å². The molecule has 2 N–H and O–H groups in total. The molecule has 1 aromatic rings. The van der Waals surface area contributed by atoms with Gasteiger partial charge in [-0.05, 0) is 19.3 Å². The second kappa shape index (κ2) is 7.11. The van der Waals surface area contributed by atoms with Gasteiger partial charge in [0, 0.05) is 50.9 Å². The van der Waals surface area contributed by atoms with Crippen LogP contribution in [-0.2, 0) is 11.2 Å². The number of carbonyl (C=O) groups excluding carboxylic acids is 1. The number of nitrogens with zero attached hydrogens (tertiary/aromatic N) is 2. The van der Waals surface area contributed by atoms with Crippen LogP contribution in [0.5, 0.6) is 0 Å². The molecule has 2 saturated heterocycles. The van der Waals surface area contributed by atoms with Crippen LogP contribution in [0.15, 0.2) is 10.6 Å². The maximum absolute atomic E-state index is 11.9. The first-order chi connectivity index (χ1) is 10.8. The summed E-state index contributed by atoms with van der Waals surface area (Å²) in [6.07, 6.45) is 4.10. The van der Waals surface area contributed by atoms with Crippen LogP contribution in [0.3, 0.4) is 0 Å². The number of hydrogen-bond acceptors (Lipinski definition) is 5. The molecule has 2 fully saturated rings. The number of nitrogens with one attached hydrogen (secondary N) is 2. The van der Waals surface area contributed by atoms with Gasteiger partial charge < -0.3 is 14.6 Å². The molecule has 122 valence electrons. The largest absolute Gasteiger partial charge is 0.381 e. The molecule has 0 saturated carbocycles. The highest BCUT2D eigenvalue weighted by Crippen LogP contribution is 2.25. The molecule has 7 heteroatoms. The molecule has 2 aliphatic heterocycles. The molecule has 2 amide bonds. The lowest BCUT2D eigenvalue weighted by molar-refractivity contribution is -0.0217. The summed E-state index contributed by atoms with van der Waals surface area (Å²) in [4.78, 5) is 14.4. The Bertz CT molecular complexity index is 499. The topological polar surface area (TPSA) is 79.6 Å². The van der Waals surface area contributed by atoms with Crippen LogP contribution in [0.2, 0.25) is 0 Å². The molecule has 1 aromatic heterocycles. The van der Waals surface area contributed by atoms with Crippen molar-refractivity contribution in [3.8, 4) is 0 Å². The fraction of sp³-hybridized carbons (Fsp3) is 0.733. The Morgan fingerprint density at radius 3 is 2.86 bits per heavy atom. The van der Waals surface area contributed by atoms with E-state index >= 15 is 0 Å². The Hall–Kier alpha value is -1.60. The third kappa shape index (κ3) is 3.59. The van der Waals surface area contributed by atoms with Crippen molar-refractivity contribution in [2.75, 3.05) is 31.6 Å². The molecular formula is C15H24N4O3. The first-order valence-corrected chi connectivity index (χ1v) is 8.10. The Labute approximate surface area is 130 Å². The molecule has 0 aliphatic carbocycles. The highest BCUT2D eigenvalue weighted by atomic mass is 16.5. The van der Waals surface area contributed by atoms with E-state index in [9.17, 15) is 4.79 Å². The van der Waals surface area contributed by atoms with Crippen molar-refractivity contribution >= 4 is 11.8 Å². The number of aromatic nitrogens is 1. The van der Waals surface area contributed by atoms with E-state index < -0.39 is 0 Å². The first-order valence-electron chi connectivity index (χ1n) is 8.10. The second-order valence-corrected chi connectivity index (χ2v) is 5.89. The number of rotatable bonds is 5. The van der Waals surface area contributed by atoms with Crippen molar-refractivity contribution in [1.29, 1.82) is 0 Å². The third-order valence-electron chi connectivity index (χ3n) is 4.50. The lowest BCUT2D eigenvalue weighted by atomic mass is 9.95. The number of carbonyl (C=O) groups is 1. The van der Waals surface area contributed by atoms with Gasteiger partial charge in [-0.15, -0.1) is 0 Å². The molecule has 3 heterocycles. The molecule has 1 unspecified atom stereocenters. The van der Waals surface area contributed by atoms with Crippen molar-refractivity contribution in [1.82, 2.24) is 15.4 Å². The van der Waals surface area contributed by atoms with E-state index in [1.807, 2.05) is 6.92 Å². The number of anilines is 1. The van der Waals surface area contributed by atoms with Gasteiger partial charge in [-0.3, -0.25) is 10.2 Å². The quantitative estimate of drug-likeness (QED) is 0.864. The van der Waals surface area contributed by atoms with Gasteiger partial charge in [-0.2, -0.15) is 0 Å². The Kier molecular flexibility index (Phi) is 4.94. The van der Waals surface area contributed by atoms with Gasteiger partial charge in [0.2, 0.25) is 0 Å². The standard InChI is InChI=1S/C15H24N4O3/c1-2-13-9-14(18-22-13)17-15(20)16-10-12-3-6-19(12)11-4-7-21-8-5-11/h9,11-12H,2-8,10H2,1H3,(H2,16,17,18,20). The molecule has 2 aliphatic rings. The van der Waals surface area contributed by atoms with Crippen molar-refractivity contribution in [3.63, 3.8) is 0 Å². The summed E-state index contributed by atoms with van der Waals surface area (Å²) in [6.45, 7) is 5.48. The number of hydrogen-bond donors (Lipinski definition) is 2. The van der Waals surface area contributed by atoms with Gasteiger partial charge in [0.1, 0.15) is 5.76 Å². The molecule has 22 heavy (non-hydrogen) atoms. The van der Waals surface area contributed by atoms with Crippen molar-refractivity contribution in [2.45, 2.75) is 44.7 Å². The first kappa shape index (κ1) is 15.3. The normalized spacial score (nSPS) is 23.0. The summed E-state index contributed by atoms with van der Waals surface area (Å²) in [6, 6.07) is 2.57. The van der Waals surface area contributed by atoms with Crippen LogP contribution in [0.25, 0.3) is 0 Å². The van der Waals surface area contributed by atoms with Crippen LogP contribution in [0.1, 0.15) is 31.9 Å².